The molecule has 4 heteroatoms. The molecule has 16 valence electrons. The minimum absolute atomic E-state index is 0. The van der Waals surface area contributed by atoms with E-state index in [1.807, 2.05) is 0 Å². The summed E-state index contributed by atoms with van der Waals surface area (Å²) in [4.78, 5) is 0. The van der Waals surface area contributed by atoms with E-state index in [9.17, 15) is 0 Å². The Morgan fingerprint density at radius 1 is 1.00 bits per heavy atom. The fourth-order valence-electron chi connectivity index (χ4n) is 0. The molecule has 0 heterocycles. The maximum absolute atomic E-state index is 0. The molecule has 0 atom stereocenters. The Bertz CT molecular complexity index is 8.00. The zero-order valence-electron chi connectivity index (χ0n) is 2.02. The summed E-state index contributed by atoms with van der Waals surface area (Å²) in [7, 11) is 0. The van der Waals surface area contributed by atoms with Gasteiger partial charge in [0.15, 0.2) is 0 Å². The second kappa shape index (κ2) is 15.8. The molecule has 0 saturated heterocycles. The van der Waals surface area contributed by atoms with E-state index in [1.165, 1.54) is 0 Å². The summed E-state index contributed by atoms with van der Waals surface area (Å²) in [6.45, 7) is 0. The van der Waals surface area contributed by atoms with Gasteiger partial charge in [0.05, 0.1) is 0 Å². The van der Waals surface area contributed by atoms with Crippen LogP contribution in [0.3, 0.4) is 0 Å². The normalized spacial score (nSPS) is 0. The molecule has 0 bridgehead atoms. The predicted molar refractivity (Wildman–Crippen MR) is 0 cm³/mol. The SMILES string of the molecule is [Sc].[Th].[U].[V]. The van der Waals surface area contributed by atoms with Gasteiger partial charge in [0.1, 0.15) is 0 Å². The zero-order valence-corrected chi connectivity index (χ0v) is 13.5. The standard InChI is InChI=1S/Sc.Th.U.V. The van der Waals surface area contributed by atoms with Crippen LogP contribution in [-0.4, -0.2) is 0 Å². The average Bonchev–Trinajstić information content (AvgIpc) is 0. The van der Waals surface area contributed by atoms with Crippen LogP contribution < -0.4 is 0 Å². The summed E-state index contributed by atoms with van der Waals surface area (Å²) < 4.78 is 0. The van der Waals surface area contributed by atoms with Crippen molar-refractivity contribution in [3.8, 4) is 0 Å². The summed E-state index contributed by atoms with van der Waals surface area (Å²) in [5, 5.41) is 0. The molecule has 0 aromatic rings. The van der Waals surface area contributed by atoms with E-state index < -0.39 is 0 Å². The van der Waals surface area contributed by atoms with Gasteiger partial charge in [0.2, 0.25) is 0 Å². The van der Waals surface area contributed by atoms with Gasteiger partial charge in [-0.3, -0.25) is 0 Å². The molecule has 0 saturated carbocycles. The third-order valence-electron chi connectivity index (χ3n) is 0. The molecule has 0 fully saturated rings. The van der Waals surface area contributed by atoms with Crippen LogP contribution in [0.4, 0.5) is 0 Å². The first-order valence-corrected chi connectivity index (χ1v) is 0. The van der Waals surface area contributed by atoms with Gasteiger partial charge < -0.3 is 0 Å². The third-order valence-corrected chi connectivity index (χ3v) is 0. The summed E-state index contributed by atoms with van der Waals surface area (Å²) >= 11 is 0. The van der Waals surface area contributed by atoms with Gasteiger partial charge in [0, 0.05) is 115 Å². The van der Waals surface area contributed by atoms with Gasteiger partial charge in [-0.1, -0.05) is 0 Å². The molecule has 0 rings (SSSR count). The molecule has 0 nitrogen and oxygen atoms in total. The Morgan fingerprint density at radius 3 is 1.00 bits per heavy atom. The molecule has 0 aliphatic heterocycles. The Labute approximate surface area is 112 Å². The molecular formula is ScThUV. The van der Waals surface area contributed by atoms with Crippen LogP contribution in [0, 0.1) is 71.1 Å². The Hall–Kier alpha value is 3.83. The number of hydrogen-bond acceptors (Lipinski definition) is 0. The molecule has 0 aromatic carbocycles. The summed E-state index contributed by atoms with van der Waals surface area (Å²) in [5.41, 5.74) is 0. The molecule has 4 heavy (non-hydrogen) atoms. The van der Waals surface area contributed by atoms with Gasteiger partial charge in [-0.25, -0.2) is 0 Å². The Balaban J connectivity index is 0. The molecule has 0 amide bonds. The van der Waals surface area contributed by atoms with Gasteiger partial charge in [0.25, 0.3) is 0 Å². The van der Waals surface area contributed by atoms with E-state index in [4.69, 9.17) is 0 Å². The second-order valence-corrected chi connectivity index (χ2v) is 0. The van der Waals surface area contributed by atoms with Crippen molar-refractivity contribution < 1.29 is 115 Å². The van der Waals surface area contributed by atoms with E-state index in [0.29, 0.717) is 0 Å². The predicted octanol–water partition coefficient (Wildman–Crippen LogP) is -0.00500. The minimum Gasteiger partial charge on any atom is 0 e. The summed E-state index contributed by atoms with van der Waals surface area (Å²) in [6.07, 6.45) is 0. The summed E-state index contributed by atoms with van der Waals surface area (Å²) in [5.74, 6) is 0. The van der Waals surface area contributed by atoms with E-state index in [2.05, 4.69) is 0 Å². The fraction of sp³-hybridized carbons (Fsp3) is 0. The van der Waals surface area contributed by atoms with Gasteiger partial charge in [-0.2, -0.15) is 0 Å². The number of rotatable bonds is 0. The van der Waals surface area contributed by atoms with Crippen LogP contribution in [0.25, 0.3) is 0 Å². The molecule has 0 aliphatic carbocycles. The summed E-state index contributed by atoms with van der Waals surface area (Å²) in [6, 6.07) is 0. The van der Waals surface area contributed by atoms with Crippen molar-refractivity contribution in [3.05, 3.63) is 0 Å². The molecule has 0 N–H and O–H groups in total. The van der Waals surface area contributed by atoms with E-state index in [-0.39, 0.29) is 115 Å². The third kappa shape index (κ3) is 9.27. The van der Waals surface area contributed by atoms with Crippen molar-refractivity contribution in [2.75, 3.05) is 0 Å². The first-order valence-electron chi connectivity index (χ1n) is 0. The van der Waals surface area contributed by atoms with Crippen LogP contribution in [0.15, 0.2) is 0 Å². The second-order valence-electron chi connectivity index (χ2n) is 0. The van der Waals surface area contributed by atoms with Crippen LogP contribution in [0.1, 0.15) is 0 Å². The molecular weight excluding hydrogens is 566 g/mol. The molecule has 0 aliphatic rings. The van der Waals surface area contributed by atoms with Crippen molar-refractivity contribution in [1.82, 2.24) is 0 Å². The maximum atomic E-state index is 0. The van der Waals surface area contributed by atoms with Gasteiger partial charge in [-0.05, 0) is 0 Å². The van der Waals surface area contributed by atoms with Gasteiger partial charge >= 0.3 is 0 Å². The largest absolute Gasteiger partial charge is 0 e. The quantitative estimate of drug-likeness (QED) is 0.388. The van der Waals surface area contributed by atoms with Crippen molar-refractivity contribution in [1.29, 1.82) is 0 Å². The van der Waals surface area contributed by atoms with Gasteiger partial charge in [-0.15, -0.1) is 0 Å². The molecule has 0 spiro atoms. The zero-order chi connectivity index (χ0) is 0. The fourth-order valence-corrected chi connectivity index (χ4v) is 0. The van der Waals surface area contributed by atoms with Crippen molar-refractivity contribution in [3.63, 3.8) is 0 Å². The average molecular weight is 566 g/mol. The van der Waals surface area contributed by atoms with E-state index >= 15 is 0 Å². The number of hydrogen-bond donors (Lipinski definition) is 0. The Morgan fingerprint density at radius 2 is 1.00 bits per heavy atom. The molecule has 0 unspecified atom stereocenters. The van der Waals surface area contributed by atoms with E-state index in [1.54, 1.807) is 0 Å². The maximum Gasteiger partial charge on any atom is 0 e. The first kappa shape index (κ1) is 24.9. The smallest absolute Gasteiger partial charge is 0 e. The van der Waals surface area contributed by atoms with Crippen LogP contribution >= 0.6 is 0 Å². The van der Waals surface area contributed by atoms with Crippen LogP contribution in [0.2, 0.25) is 0 Å². The van der Waals surface area contributed by atoms with Crippen molar-refractivity contribution >= 4 is 0 Å². The topological polar surface area (TPSA) is 0 Å². The van der Waals surface area contributed by atoms with E-state index in [0.717, 1.165) is 0 Å². The minimum atomic E-state index is 0. The van der Waals surface area contributed by atoms with Crippen LogP contribution in [0.5, 0.6) is 0 Å². The molecule has 0 aromatic heterocycles. The van der Waals surface area contributed by atoms with Crippen LogP contribution in [-0.2, 0) is 44.4 Å². The molecule has 2 radical (unpaired) electrons. The van der Waals surface area contributed by atoms with Crippen molar-refractivity contribution in [2.24, 2.45) is 0 Å². The Kier molecular flexibility index (Phi) is 98.5. The first-order chi connectivity index (χ1) is 0. The monoisotopic (exact) mass is 566 g/mol. The van der Waals surface area contributed by atoms with Crippen molar-refractivity contribution in [2.45, 2.75) is 0 Å².